The maximum Gasteiger partial charge on any atom is 0.248 e. The highest BCUT2D eigenvalue weighted by atomic mass is 16.5. The maximum atomic E-state index is 12.8. The third-order valence-electron chi connectivity index (χ3n) is 6.18. The molecule has 34 heavy (non-hydrogen) atoms. The van der Waals surface area contributed by atoms with Crippen LogP contribution in [0.5, 0.6) is 5.75 Å². The molecule has 0 aliphatic rings. The molecule has 3 aromatic carbocycles. The van der Waals surface area contributed by atoms with E-state index in [-0.39, 0.29) is 5.91 Å². The molecule has 0 atom stereocenters. The maximum absolute atomic E-state index is 12.8. The Labute approximate surface area is 201 Å². The van der Waals surface area contributed by atoms with Crippen LogP contribution in [-0.4, -0.2) is 12.5 Å². The average molecular weight is 454 g/mol. The number of para-hydroxylation sites is 1. The molecule has 0 aliphatic heterocycles. The lowest BCUT2D eigenvalue weighted by atomic mass is 9.94. The Morgan fingerprint density at radius 2 is 1.76 bits per heavy atom. The second-order valence-electron chi connectivity index (χ2n) is 8.79. The van der Waals surface area contributed by atoms with Crippen LogP contribution >= 0.6 is 0 Å². The number of hydrogen-bond donors (Lipinski definition) is 1. The fourth-order valence-corrected chi connectivity index (χ4v) is 4.42. The van der Waals surface area contributed by atoms with E-state index in [1.54, 1.807) is 6.08 Å². The van der Waals surface area contributed by atoms with Crippen LogP contribution in [0.4, 0.5) is 5.69 Å². The van der Waals surface area contributed by atoms with Crippen molar-refractivity contribution in [3.8, 4) is 16.9 Å². The van der Waals surface area contributed by atoms with Crippen LogP contribution in [0.2, 0.25) is 0 Å². The molecular weight excluding hydrogens is 422 g/mol. The number of benzene rings is 3. The number of amides is 1. The summed E-state index contributed by atoms with van der Waals surface area (Å²) in [6, 6.07) is 16.3. The van der Waals surface area contributed by atoms with E-state index in [1.807, 2.05) is 58.2 Å². The number of rotatable bonds is 6. The summed E-state index contributed by atoms with van der Waals surface area (Å²) in [5.41, 5.74) is 9.87. The summed E-state index contributed by atoms with van der Waals surface area (Å²) >= 11 is 0. The van der Waals surface area contributed by atoms with Crippen LogP contribution < -0.4 is 10.1 Å². The van der Waals surface area contributed by atoms with Crippen molar-refractivity contribution in [3.63, 3.8) is 0 Å². The lowest BCUT2D eigenvalue weighted by Gasteiger charge is -2.15. The molecular formula is C30H31NO3. The van der Waals surface area contributed by atoms with Crippen molar-refractivity contribution in [1.82, 2.24) is 0 Å². The van der Waals surface area contributed by atoms with Crippen LogP contribution in [0.15, 0.2) is 65.3 Å². The van der Waals surface area contributed by atoms with Crippen molar-refractivity contribution in [2.75, 3.05) is 11.9 Å². The van der Waals surface area contributed by atoms with Gasteiger partial charge in [0.15, 0.2) is 0 Å². The first kappa shape index (κ1) is 23.4. The van der Waals surface area contributed by atoms with E-state index >= 15 is 0 Å². The van der Waals surface area contributed by atoms with Gasteiger partial charge in [-0.3, -0.25) is 4.79 Å². The summed E-state index contributed by atoms with van der Waals surface area (Å²) in [7, 11) is 0. The van der Waals surface area contributed by atoms with E-state index < -0.39 is 0 Å². The number of hydrogen-bond acceptors (Lipinski definition) is 3. The fourth-order valence-electron chi connectivity index (χ4n) is 4.42. The van der Waals surface area contributed by atoms with Crippen molar-refractivity contribution in [1.29, 1.82) is 0 Å². The molecule has 1 amide bonds. The number of carbonyl (C=O) groups excluding carboxylic acids is 1. The lowest BCUT2D eigenvalue weighted by Crippen LogP contribution is -2.10. The second-order valence-corrected chi connectivity index (χ2v) is 8.79. The summed E-state index contributed by atoms with van der Waals surface area (Å²) in [6.45, 7) is 12.6. The number of fused-ring (bicyclic) bond motifs is 1. The molecule has 0 spiro atoms. The van der Waals surface area contributed by atoms with Gasteiger partial charge >= 0.3 is 0 Å². The first-order valence-corrected chi connectivity index (χ1v) is 11.6. The third-order valence-corrected chi connectivity index (χ3v) is 6.18. The van der Waals surface area contributed by atoms with E-state index in [0.717, 1.165) is 55.8 Å². The van der Waals surface area contributed by atoms with Gasteiger partial charge in [0.1, 0.15) is 11.3 Å². The first-order valence-electron chi connectivity index (χ1n) is 11.6. The Bertz CT molecular complexity index is 1410. The molecule has 0 radical (unpaired) electrons. The van der Waals surface area contributed by atoms with Gasteiger partial charge in [-0.25, -0.2) is 0 Å². The average Bonchev–Trinajstić information content (AvgIpc) is 3.21. The molecule has 1 N–H and O–H groups in total. The number of ether oxygens (including phenoxy) is 1. The number of nitrogens with one attached hydrogen (secondary N) is 1. The van der Waals surface area contributed by atoms with Crippen LogP contribution in [0.1, 0.15) is 41.7 Å². The number of carbonyl (C=O) groups is 1. The number of allylic oxidation sites excluding steroid dienone is 1. The first-order chi connectivity index (χ1) is 16.3. The highest BCUT2D eigenvalue weighted by Crippen LogP contribution is 2.41. The minimum atomic E-state index is -0.172. The SMILES string of the molecule is CCOc1c(/C(C)=C/C(=O)Nc2ccccc2C)cc2c(-c3ccc(C)cc3C)coc2c1C. The molecule has 0 saturated carbocycles. The van der Waals surface area contributed by atoms with Gasteiger partial charge in [-0.2, -0.15) is 0 Å². The Balaban J connectivity index is 1.81. The summed E-state index contributed by atoms with van der Waals surface area (Å²) in [6.07, 6.45) is 3.45. The van der Waals surface area contributed by atoms with Gasteiger partial charge in [0, 0.05) is 33.8 Å². The molecule has 4 rings (SSSR count). The van der Waals surface area contributed by atoms with Gasteiger partial charge in [-0.15, -0.1) is 0 Å². The second kappa shape index (κ2) is 9.60. The van der Waals surface area contributed by atoms with Gasteiger partial charge in [0.2, 0.25) is 5.91 Å². The molecule has 174 valence electrons. The van der Waals surface area contributed by atoms with Gasteiger partial charge < -0.3 is 14.5 Å². The summed E-state index contributed by atoms with van der Waals surface area (Å²) in [4.78, 5) is 12.8. The van der Waals surface area contributed by atoms with Crippen molar-refractivity contribution in [3.05, 3.63) is 88.7 Å². The monoisotopic (exact) mass is 453 g/mol. The number of furan rings is 1. The third kappa shape index (κ3) is 4.49. The minimum Gasteiger partial charge on any atom is -0.493 e. The summed E-state index contributed by atoms with van der Waals surface area (Å²) in [5.74, 6) is 0.572. The Morgan fingerprint density at radius 3 is 2.47 bits per heavy atom. The predicted octanol–water partition coefficient (Wildman–Crippen LogP) is 7.77. The molecule has 1 aromatic heterocycles. The van der Waals surface area contributed by atoms with Crippen molar-refractivity contribution >= 4 is 28.1 Å². The fraction of sp³-hybridized carbons (Fsp3) is 0.233. The standard InChI is InChI=1S/C30H31NO3/c1-7-33-29-22(6)30-25(26(17-34-30)23-13-12-18(2)14-20(23)4)16-24(29)21(5)15-28(32)31-27-11-9-8-10-19(27)3/h8-17H,7H2,1-6H3,(H,31,32)/b21-15+. The van der Waals surface area contributed by atoms with Crippen LogP contribution in [0.25, 0.3) is 27.7 Å². The molecule has 0 bridgehead atoms. The highest BCUT2D eigenvalue weighted by Gasteiger charge is 2.20. The van der Waals surface area contributed by atoms with E-state index in [4.69, 9.17) is 9.15 Å². The lowest BCUT2D eigenvalue weighted by molar-refractivity contribution is -0.111. The van der Waals surface area contributed by atoms with Crippen LogP contribution in [0, 0.1) is 27.7 Å². The zero-order valence-corrected chi connectivity index (χ0v) is 20.7. The molecule has 1 heterocycles. The minimum absolute atomic E-state index is 0.172. The topological polar surface area (TPSA) is 51.5 Å². The quantitative estimate of drug-likeness (QED) is 0.303. The summed E-state index contributed by atoms with van der Waals surface area (Å²) < 4.78 is 12.1. The van der Waals surface area contributed by atoms with Gasteiger partial charge in [0.25, 0.3) is 0 Å². The Kier molecular flexibility index (Phi) is 6.60. The zero-order chi connectivity index (χ0) is 24.4. The van der Waals surface area contributed by atoms with Gasteiger partial charge in [-0.1, -0.05) is 42.0 Å². The van der Waals surface area contributed by atoms with E-state index in [0.29, 0.717) is 6.61 Å². The van der Waals surface area contributed by atoms with E-state index in [9.17, 15) is 4.79 Å². The van der Waals surface area contributed by atoms with Crippen molar-refractivity contribution in [2.24, 2.45) is 0 Å². The Hall–Kier alpha value is -3.79. The van der Waals surface area contributed by atoms with E-state index in [2.05, 4.69) is 43.4 Å². The largest absolute Gasteiger partial charge is 0.493 e. The smallest absolute Gasteiger partial charge is 0.248 e. The normalized spacial score (nSPS) is 11.6. The van der Waals surface area contributed by atoms with E-state index in [1.165, 1.54) is 11.1 Å². The van der Waals surface area contributed by atoms with Crippen molar-refractivity contribution in [2.45, 2.75) is 41.5 Å². The molecule has 0 unspecified atom stereocenters. The molecule has 4 heteroatoms. The molecule has 0 fully saturated rings. The number of anilines is 1. The van der Waals surface area contributed by atoms with Gasteiger partial charge in [-0.05, 0) is 75.9 Å². The molecule has 4 nitrogen and oxygen atoms in total. The number of aryl methyl sites for hydroxylation is 4. The summed E-state index contributed by atoms with van der Waals surface area (Å²) in [5, 5.41) is 3.99. The van der Waals surface area contributed by atoms with Gasteiger partial charge in [0.05, 0.1) is 12.9 Å². The van der Waals surface area contributed by atoms with Crippen LogP contribution in [-0.2, 0) is 4.79 Å². The van der Waals surface area contributed by atoms with Crippen molar-refractivity contribution < 1.29 is 13.9 Å². The highest BCUT2D eigenvalue weighted by molar-refractivity contribution is 6.06. The van der Waals surface area contributed by atoms with Crippen LogP contribution in [0.3, 0.4) is 0 Å². The molecule has 0 saturated heterocycles. The zero-order valence-electron chi connectivity index (χ0n) is 20.7. The molecule has 4 aromatic rings. The predicted molar refractivity (Wildman–Crippen MR) is 140 cm³/mol. The molecule has 0 aliphatic carbocycles. The Morgan fingerprint density at radius 1 is 1.00 bits per heavy atom.